The van der Waals surface area contributed by atoms with Gasteiger partial charge in [0.05, 0.1) is 18.6 Å². The van der Waals surface area contributed by atoms with Gasteiger partial charge in [-0.2, -0.15) is 8.78 Å². The second-order valence-corrected chi connectivity index (χ2v) is 8.89. The topological polar surface area (TPSA) is 69.0 Å². The van der Waals surface area contributed by atoms with E-state index in [9.17, 15) is 13.6 Å². The van der Waals surface area contributed by atoms with Gasteiger partial charge in [0, 0.05) is 16.1 Å². The molecule has 1 N–H and O–H groups in total. The summed E-state index contributed by atoms with van der Waals surface area (Å²) in [4.78, 5) is 12.9. The molecule has 0 atom stereocenters. The number of hydrogen-bond donors (Lipinski definition) is 1. The second-order valence-electron chi connectivity index (χ2n) is 6.92. The van der Waals surface area contributed by atoms with Crippen LogP contribution in [-0.4, -0.2) is 39.3 Å². The fraction of sp³-hybridized carbons (Fsp3) is 0.125. The Bertz CT molecular complexity index is 1270. The van der Waals surface area contributed by atoms with Crippen LogP contribution in [0, 0.1) is 0 Å². The van der Waals surface area contributed by atoms with Crippen molar-refractivity contribution in [3.05, 3.63) is 78.9 Å². The maximum Gasteiger partial charge on any atom is 0.288 e. The fourth-order valence-corrected chi connectivity index (χ4v) is 4.55. The lowest BCUT2D eigenvalue weighted by molar-refractivity contribution is -0.113. The molecule has 34 heavy (non-hydrogen) atoms. The third kappa shape index (κ3) is 5.75. The third-order valence-electron chi connectivity index (χ3n) is 4.69. The molecule has 6 nitrogen and oxygen atoms in total. The standard InChI is InChI=1S/C24H20F2N4O2S2/c1-32-18-11-7-8-16(14-18)22-28-29-24(30(22)17-9-3-2-4-10-17)33-15-21(31)27-19-12-5-6-13-20(19)34-23(25)26/h2-14,23H,15H2,1H3,(H,27,31). The number of anilines is 1. The van der Waals surface area contributed by atoms with Gasteiger partial charge >= 0.3 is 0 Å². The largest absolute Gasteiger partial charge is 0.497 e. The molecule has 174 valence electrons. The van der Waals surface area contributed by atoms with E-state index in [0.29, 0.717) is 39.1 Å². The number of hydrogen-bond acceptors (Lipinski definition) is 6. The highest BCUT2D eigenvalue weighted by Crippen LogP contribution is 2.32. The quantitative estimate of drug-likeness (QED) is 0.286. The Balaban J connectivity index is 1.57. The predicted molar refractivity (Wildman–Crippen MR) is 131 cm³/mol. The van der Waals surface area contributed by atoms with Crippen molar-refractivity contribution in [2.24, 2.45) is 0 Å². The van der Waals surface area contributed by atoms with Crippen LogP contribution in [0.4, 0.5) is 14.5 Å². The van der Waals surface area contributed by atoms with Gasteiger partial charge in [0.25, 0.3) is 5.76 Å². The van der Waals surface area contributed by atoms with Crippen molar-refractivity contribution in [2.75, 3.05) is 18.2 Å². The van der Waals surface area contributed by atoms with E-state index in [1.54, 1.807) is 31.4 Å². The highest BCUT2D eigenvalue weighted by atomic mass is 32.2. The molecule has 1 heterocycles. The first-order valence-corrected chi connectivity index (χ1v) is 12.0. The first kappa shape index (κ1) is 23.8. The molecule has 0 spiro atoms. The van der Waals surface area contributed by atoms with Crippen molar-refractivity contribution in [3.8, 4) is 22.8 Å². The Morgan fingerprint density at radius 1 is 1.03 bits per heavy atom. The first-order chi connectivity index (χ1) is 16.5. The smallest absolute Gasteiger partial charge is 0.288 e. The van der Waals surface area contributed by atoms with E-state index >= 15 is 0 Å². The van der Waals surface area contributed by atoms with Gasteiger partial charge < -0.3 is 10.1 Å². The molecule has 4 rings (SSSR count). The summed E-state index contributed by atoms with van der Waals surface area (Å²) < 4.78 is 32.8. The zero-order valence-corrected chi connectivity index (χ0v) is 19.7. The van der Waals surface area contributed by atoms with Crippen molar-refractivity contribution in [1.29, 1.82) is 0 Å². The fourth-order valence-electron chi connectivity index (χ4n) is 3.21. The maximum absolute atomic E-state index is 12.8. The Morgan fingerprint density at radius 3 is 2.56 bits per heavy atom. The van der Waals surface area contributed by atoms with Crippen LogP contribution in [0.5, 0.6) is 5.75 Å². The number of benzene rings is 3. The molecule has 0 aliphatic rings. The number of thioether (sulfide) groups is 2. The van der Waals surface area contributed by atoms with Crippen LogP contribution in [0.1, 0.15) is 0 Å². The summed E-state index contributed by atoms with van der Waals surface area (Å²) in [5.74, 6) is -1.60. The lowest BCUT2D eigenvalue weighted by Gasteiger charge is -2.12. The molecule has 4 aromatic rings. The van der Waals surface area contributed by atoms with Crippen LogP contribution in [0.25, 0.3) is 17.1 Å². The number of nitrogens with zero attached hydrogens (tertiary/aromatic N) is 3. The monoisotopic (exact) mass is 498 g/mol. The molecule has 10 heteroatoms. The van der Waals surface area contributed by atoms with Gasteiger partial charge in [0.15, 0.2) is 11.0 Å². The molecule has 1 aromatic heterocycles. The van der Waals surface area contributed by atoms with Crippen molar-refractivity contribution in [2.45, 2.75) is 15.8 Å². The number of aromatic nitrogens is 3. The van der Waals surface area contributed by atoms with Gasteiger partial charge in [-0.05, 0) is 36.4 Å². The van der Waals surface area contributed by atoms with Crippen molar-refractivity contribution in [1.82, 2.24) is 14.8 Å². The maximum atomic E-state index is 12.8. The van der Waals surface area contributed by atoms with Crippen molar-refractivity contribution in [3.63, 3.8) is 0 Å². The first-order valence-electron chi connectivity index (χ1n) is 10.2. The number of rotatable bonds is 9. The van der Waals surface area contributed by atoms with Crippen molar-refractivity contribution >= 4 is 35.1 Å². The van der Waals surface area contributed by atoms with E-state index in [1.807, 2.05) is 59.2 Å². The average molecular weight is 499 g/mol. The van der Waals surface area contributed by atoms with Gasteiger partial charge in [0.2, 0.25) is 5.91 Å². The van der Waals surface area contributed by atoms with Crippen LogP contribution in [0.2, 0.25) is 0 Å². The number of carbonyl (C=O) groups is 1. The van der Waals surface area contributed by atoms with E-state index in [4.69, 9.17) is 4.74 Å². The number of ether oxygens (including phenoxy) is 1. The highest BCUT2D eigenvalue weighted by molar-refractivity contribution is 8.00. The number of methoxy groups -OCH3 is 1. The Labute approximate surface area is 203 Å². The summed E-state index contributed by atoms with van der Waals surface area (Å²) in [6.07, 6.45) is 0. The van der Waals surface area contributed by atoms with Crippen molar-refractivity contribution < 1.29 is 18.3 Å². The summed E-state index contributed by atoms with van der Waals surface area (Å²) in [5.41, 5.74) is 2.00. The Morgan fingerprint density at radius 2 is 1.79 bits per heavy atom. The lowest BCUT2D eigenvalue weighted by Crippen LogP contribution is -2.15. The minimum absolute atomic E-state index is 0.0246. The number of halogens is 2. The van der Waals surface area contributed by atoms with E-state index in [-0.39, 0.29) is 11.7 Å². The van der Waals surface area contributed by atoms with Gasteiger partial charge in [-0.3, -0.25) is 9.36 Å². The number of carbonyl (C=O) groups excluding carboxylic acids is 1. The Kier molecular flexibility index (Phi) is 7.81. The van der Waals surface area contributed by atoms with Gasteiger partial charge in [-0.1, -0.05) is 66.0 Å². The average Bonchev–Trinajstić information content (AvgIpc) is 3.28. The summed E-state index contributed by atoms with van der Waals surface area (Å²) in [6, 6.07) is 23.5. The number of amides is 1. The summed E-state index contributed by atoms with van der Waals surface area (Å²) >= 11 is 1.60. The number of para-hydroxylation sites is 2. The molecule has 0 saturated heterocycles. The molecule has 3 aromatic carbocycles. The summed E-state index contributed by atoms with van der Waals surface area (Å²) in [6.45, 7) is 0. The van der Waals surface area contributed by atoms with E-state index < -0.39 is 5.76 Å². The Hall–Kier alpha value is -3.37. The molecule has 0 aliphatic carbocycles. The zero-order chi connectivity index (χ0) is 23.9. The highest BCUT2D eigenvalue weighted by Gasteiger charge is 2.18. The third-order valence-corrected chi connectivity index (χ3v) is 6.40. The van der Waals surface area contributed by atoms with Crippen LogP contribution in [0.15, 0.2) is 88.9 Å². The molecular formula is C24H20F2N4O2S2. The minimum atomic E-state index is -2.58. The predicted octanol–water partition coefficient (Wildman–Crippen LogP) is 5.99. The molecule has 1 amide bonds. The lowest BCUT2D eigenvalue weighted by atomic mass is 10.2. The van der Waals surface area contributed by atoms with E-state index in [0.717, 1.165) is 11.3 Å². The molecule has 0 saturated carbocycles. The molecule has 0 aliphatic heterocycles. The molecular weight excluding hydrogens is 478 g/mol. The van der Waals surface area contributed by atoms with Crippen LogP contribution in [0.3, 0.4) is 0 Å². The van der Waals surface area contributed by atoms with E-state index in [1.165, 1.54) is 11.8 Å². The van der Waals surface area contributed by atoms with Crippen LogP contribution < -0.4 is 10.1 Å². The van der Waals surface area contributed by atoms with Crippen LogP contribution >= 0.6 is 23.5 Å². The molecule has 0 fully saturated rings. The normalized spacial score (nSPS) is 10.9. The minimum Gasteiger partial charge on any atom is -0.497 e. The molecule has 0 unspecified atom stereocenters. The van der Waals surface area contributed by atoms with Crippen LogP contribution in [-0.2, 0) is 4.79 Å². The van der Waals surface area contributed by atoms with Gasteiger partial charge in [-0.25, -0.2) is 0 Å². The summed E-state index contributed by atoms with van der Waals surface area (Å²) in [5, 5.41) is 11.9. The molecule has 0 bridgehead atoms. The van der Waals surface area contributed by atoms with Gasteiger partial charge in [-0.15, -0.1) is 10.2 Å². The zero-order valence-electron chi connectivity index (χ0n) is 18.0. The van der Waals surface area contributed by atoms with Gasteiger partial charge in [0.1, 0.15) is 5.75 Å². The van der Waals surface area contributed by atoms with E-state index in [2.05, 4.69) is 15.5 Å². The summed E-state index contributed by atoms with van der Waals surface area (Å²) in [7, 11) is 1.60. The molecule has 0 radical (unpaired) electrons. The number of alkyl halides is 2. The SMILES string of the molecule is COc1cccc(-c2nnc(SCC(=O)Nc3ccccc3SC(F)F)n2-c2ccccc2)c1. The second kappa shape index (κ2) is 11.2. The number of nitrogens with one attached hydrogen (secondary N) is 1.